The lowest BCUT2D eigenvalue weighted by Gasteiger charge is -2.00. The molecule has 0 aliphatic heterocycles. The van der Waals surface area contributed by atoms with Gasteiger partial charge in [-0.25, -0.2) is 0 Å². The summed E-state index contributed by atoms with van der Waals surface area (Å²) in [5.74, 6) is 0.202. The average Bonchev–Trinajstić information content (AvgIpc) is 3.00. The Morgan fingerprint density at radius 3 is 2.74 bits per heavy atom. The highest BCUT2D eigenvalue weighted by molar-refractivity contribution is 6.01. The van der Waals surface area contributed by atoms with Crippen LogP contribution in [0.2, 0.25) is 0 Å². The van der Waals surface area contributed by atoms with Gasteiger partial charge in [-0.3, -0.25) is 14.9 Å². The van der Waals surface area contributed by atoms with Crippen molar-refractivity contribution in [3.05, 3.63) is 57.3 Å². The summed E-state index contributed by atoms with van der Waals surface area (Å²) in [6.07, 6.45) is 1.31. The first kappa shape index (κ1) is 16.0. The van der Waals surface area contributed by atoms with Gasteiger partial charge in [-0.2, -0.15) is 5.26 Å². The lowest BCUT2D eigenvalue weighted by atomic mass is 10.1. The number of nitrogens with one attached hydrogen (secondary N) is 1. The summed E-state index contributed by atoms with van der Waals surface area (Å²) in [5, 5.41) is 22.3. The molecule has 23 heavy (non-hydrogen) atoms. The summed E-state index contributed by atoms with van der Waals surface area (Å²) in [4.78, 5) is 22.0. The Morgan fingerprint density at radius 2 is 2.13 bits per heavy atom. The van der Waals surface area contributed by atoms with Crippen LogP contribution < -0.4 is 5.32 Å². The highest BCUT2D eigenvalue weighted by Gasteiger charge is 2.14. The van der Waals surface area contributed by atoms with E-state index in [0.29, 0.717) is 22.6 Å². The molecule has 0 fully saturated rings. The maximum atomic E-state index is 11.5. The molecule has 1 heterocycles. The molecular formula is C16H13N3O4. The molecule has 116 valence electrons. The van der Waals surface area contributed by atoms with E-state index in [-0.39, 0.29) is 11.3 Å². The third-order valence-electron chi connectivity index (χ3n) is 3.20. The van der Waals surface area contributed by atoms with E-state index >= 15 is 0 Å². The van der Waals surface area contributed by atoms with Crippen LogP contribution in [0.4, 0.5) is 5.69 Å². The number of aryl methyl sites for hydroxylation is 1. The van der Waals surface area contributed by atoms with Crippen molar-refractivity contribution in [3.63, 3.8) is 0 Å². The highest BCUT2D eigenvalue weighted by atomic mass is 16.6. The maximum absolute atomic E-state index is 11.5. The number of hydrogen-bond acceptors (Lipinski definition) is 5. The van der Waals surface area contributed by atoms with Gasteiger partial charge in [0.2, 0.25) is 0 Å². The number of carbonyl (C=O) groups excluding carboxylic acids is 1. The Hall–Kier alpha value is -3.40. The van der Waals surface area contributed by atoms with Gasteiger partial charge in [-0.05, 0) is 19.1 Å². The lowest BCUT2D eigenvalue weighted by molar-refractivity contribution is -0.385. The first-order valence-corrected chi connectivity index (χ1v) is 6.65. The van der Waals surface area contributed by atoms with Crippen LogP contribution in [0.5, 0.6) is 0 Å². The van der Waals surface area contributed by atoms with Gasteiger partial charge in [0.05, 0.1) is 4.92 Å². The molecule has 0 aliphatic rings. The molecule has 0 saturated heterocycles. The number of nitriles is 1. The number of nitro groups is 1. The third-order valence-corrected chi connectivity index (χ3v) is 3.20. The van der Waals surface area contributed by atoms with Gasteiger partial charge >= 0.3 is 0 Å². The Kier molecular flexibility index (Phi) is 4.57. The molecular weight excluding hydrogens is 298 g/mol. The van der Waals surface area contributed by atoms with Crippen LogP contribution in [0.25, 0.3) is 17.4 Å². The van der Waals surface area contributed by atoms with E-state index in [2.05, 4.69) is 5.32 Å². The van der Waals surface area contributed by atoms with Crippen molar-refractivity contribution in [1.82, 2.24) is 5.32 Å². The molecule has 0 radical (unpaired) electrons. The molecule has 0 bridgehead atoms. The standard InChI is InChI=1S/C16H13N3O4/c1-10-3-4-11(8-14(10)19(21)22)15-6-5-13(23-15)7-12(9-17)16(20)18-2/h3-8H,1-2H3,(H,18,20). The summed E-state index contributed by atoms with van der Waals surface area (Å²) in [7, 11) is 1.42. The molecule has 1 aromatic carbocycles. The van der Waals surface area contributed by atoms with E-state index < -0.39 is 10.8 Å². The molecule has 0 aliphatic carbocycles. The number of nitrogens with zero attached hydrogens (tertiary/aromatic N) is 2. The zero-order valence-electron chi connectivity index (χ0n) is 12.5. The van der Waals surface area contributed by atoms with Gasteiger partial charge in [-0.15, -0.1) is 0 Å². The molecule has 1 N–H and O–H groups in total. The largest absolute Gasteiger partial charge is 0.457 e. The summed E-state index contributed by atoms with van der Waals surface area (Å²) >= 11 is 0. The van der Waals surface area contributed by atoms with Crippen LogP contribution in [0, 0.1) is 28.4 Å². The highest BCUT2D eigenvalue weighted by Crippen LogP contribution is 2.28. The summed E-state index contributed by atoms with van der Waals surface area (Å²) < 4.78 is 5.54. The third kappa shape index (κ3) is 3.44. The van der Waals surface area contributed by atoms with Crippen molar-refractivity contribution in [2.45, 2.75) is 6.92 Å². The van der Waals surface area contributed by atoms with Crippen molar-refractivity contribution in [3.8, 4) is 17.4 Å². The number of hydrogen-bond donors (Lipinski definition) is 1. The van der Waals surface area contributed by atoms with Crippen LogP contribution in [0.15, 0.2) is 40.3 Å². The molecule has 0 atom stereocenters. The molecule has 0 unspecified atom stereocenters. The monoisotopic (exact) mass is 311 g/mol. The minimum Gasteiger partial charge on any atom is -0.457 e. The summed E-state index contributed by atoms with van der Waals surface area (Å²) in [6.45, 7) is 1.65. The zero-order chi connectivity index (χ0) is 17.0. The van der Waals surface area contributed by atoms with E-state index in [4.69, 9.17) is 9.68 Å². The first-order chi connectivity index (χ1) is 11.0. The van der Waals surface area contributed by atoms with Crippen molar-refractivity contribution < 1.29 is 14.1 Å². The Labute approximate surface area is 132 Å². The number of benzene rings is 1. The number of amides is 1. The zero-order valence-corrected chi connectivity index (χ0v) is 12.5. The second-order valence-electron chi connectivity index (χ2n) is 4.71. The molecule has 0 saturated carbocycles. The van der Waals surface area contributed by atoms with Gasteiger partial charge in [0.25, 0.3) is 11.6 Å². The quantitative estimate of drug-likeness (QED) is 0.404. The number of rotatable bonds is 4. The summed E-state index contributed by atoms with van der Waals surface area (Å²) in [6, 6.07) is 9.76. The van der Waals surface area contributed by atoms with Crippen molar-refractivity contribution in [2.75, 3.05) is 7.05 Å². The van der Waals surface area contributed by atoms with E-state index in [1.807, 2.05) is 0 Å². The molecule has 1 amide bonds. The predicted octanol–water partition coefficient (Wildman–Crippen LogP) is 2.82. The average molecular weight is 311 g/mol. The Bertz CT molecular complexity index is 843. The van der Waals surface area contributed by atoms with E-state index in [1.54, 1.807) is 37.3 Å². The fourth-order valence-corrected chi connectivity index (χ4v) is 1.97. The minimum absolute atomic E-state index is 0.000864. The van der Waals surface area contributed by atoms with E-state index in [9.17, 15) is 14.9 Å². The molecule has 2 rings (SSSR count). The number of nitro benzene ring substituents is 1. The fourth-order valence-electron chi connectivity index (χ4n) is 1.97. The lowest BCUT2D eigenvalue weighted by Crippen LogP contribution is -2.18. The van der Waals surface area contributed by atoms with Crippen LogP contribution in [-0.4, -0.2) is 17.9 Å². The Balaban J connectivity index is 2.39. The van der Waals surface area contributed by atoms with E-state index in [1.165, 1.54) is 19.2 Å². The van der Waals surface area contributed by atoms with Gasteiger partial charge in [0, 0.05) is 30.3 Å². The predicted molar refractivity (Wildman–Crippen MR) is 83.2 cm³/mol. The SMILES string of the molecule is CNC(=O)C(C#N)=Cc1ccc(-c2ccc(C)c([N+](=O)[O-])c2)o1. The van der Waals surface area contributed by atoms with E-state index in [0.717, 1.165) is 0 Å². The smallest absolute Gasteiger partial charge is 0.273 e. The Morgan fingerprint density at radius 1 is 1.39 bits per heavy atom. The topological polar surface area (TPSA) is 109 Å². The second kappa shape index (κ2) is 6.58. The molecule has 7 nitrogen and oxygen atoms in total. The van der Waals surface area contributed by atoms with Crippen molar-refractivity contribution >= 4 is 17.7 Å². The van der Waals surface area contributed by atoms with Crippen LogP contribution in [0.3, 0.4) is 0 Å². The van der Waals surface area contributed by atoms with Crippen LogP contribution in [0.1, 0.15) is 11.3 Å². The number of carbonyl (C=O) groups is 1. The van der Waals surface area contributed by atoms with Crippen molar-refractivity contribution in [1.29, 1.82) is 5.26 Å². The minimum atomic E-state index is -0.517. The molecule has 2 aromatic rings. The molecule has 0 spiro atoms. The first-order valence-electron chi connectivity index (χ1n) is 6.65. The number of furan rings is 1. The van der Waals surface area contributed by atoms with Crippen LogP contribution >= 0.6 is 0 Å². The van der Waals surface area contributed by atoms with Crippen molar-refractivity contribution in [2.24, 2.45) is 0 Å². The molecule has 7 heteroatoms. The normalized spacial score (nSPS) is 10.9. The van der Waals surface area contributed by atoms with Gasteiger partial charge in [0.1, 0.15) is 23.2 Å². The molecule has 1 aromatic heterocycles. The second-order valence-corrected chi connectivity index (χ2v) is 4.71. The maximum Gasteiger partial charge on any atom is 0.273 e. The fraction of sp³-hybridized carbons (Fsp3) is 0.125. The van der Waals surface area contributed by atoms with Gasteiger partial charge in [0.15, 0.2) is 0 Å². The van der Waals surface area contributed by atoms with Crippen LogP contribution in [-0.2, 0) is 4.79 Å². The summed E-state index contributed by atoms with van der Waals surface area (Å²) in [5.41, 5.74) is 1.000. The number of likely N-dealkylation sites (N-methyl/N-ethyl adjacent to an activating group) is 1. The van der Waals surface area contributed by atoms with Gasteiger partial charge in [-0.1, -0.05) is 12.1 Å². The van der Waals surface area contributed by atoms with Gasteiger partial charge < -0.3 is 9.73 Å².